The molecule has 0 aliphatic heterocycles. The van der Waals surface area contributed by atoms with Crippen LogP contribution < -0.4 is 11.0 Å². The van der Waals surface area contributed by atoms with Crippen LogP contribution in [0.5, 0.6) is 0 Å². The van der Waals surface area contributed by atoms with Gasteiger partial charge >= 0.3 is 5.69 Å². The van der Waals surface area contributed by atoms with Crippen molar-refractivity contribution in [3.63, 3.8) is 0 Å². The van der Waals surface area contributed by atoms with Crippen molar-refractivity contribution < 1.29 is 4.79 Å². The van der Waals surface area contributed by atoms with Gasteiger partial charge in [0.15, 0.2) is 0 Å². The molecule has 0 bridgehead atoms. The van der Waals surface area contributed by atoms with E-state index in [4.69, 9.17) is 0 Å². The molecule has 3 rings (SSSR count). The molecule has 3 aromatic rings. The Bertz CT molecular complexity index is 985. The molecule has 6 nitrogen and oxygen atoms in total. The molecule has 0 aliphatic carbocycles. The minimum Gasteiger partial charge on any atom is -0.358 e. The van der Waals surface area contributed by atoms with Crippen molar-refractivity contribution in [2.75, 3.05) is 0 Å². The normalized spacial score (nSPS) is 11.0. The minimum absolute atomic E-state index is 0.0361. The van der Waals surface area contributed by atoms with Crippen molar-refractivity contribution in [2.45, 2.75) is 40.3 Å². The molecular formula is C19H22N4O2. The summed E-state index contributed by atoms with van der Waals surface area (Å²) in [5.74, 6) is -0.219. The zero-order chi connectivity index (χ0) is 18.0. The first-order valence-electron chi connectivity index (χ1n) is 8.38. The summed E-state index contributed by atoms with van der Waals surface area (Å²) in [5, 5.41) is 4.09. The highest BCUT2D eigenvalue weighted by molar-refractivity contribution is 5.88. The highest BCUT2D eigenvalue weighted by Gasteiger charge is 2.12. The smallest absolute Gasteiger partial charge is 0.347 e. The second-order valence-corrected chi connectivity index (χ2v) is 6.24. The van der Waals surface area contributed by atoms with Crippen molar-refractivity contribution >= 4 is 16.8 Å². The van der Waals surface area contributed by atoms with Gasteiger partial charge in [-0.3, -0.25) is 9.36 Å². The van der Waals surface area contributed by atoms with Crippen molar-refractivity contribution in [1.82, 2.24) is 19.9 Å². The van der Waals surface area contributed by atoms with Crippen molar-refractivity contribution in [1.29, 1.82) is 0 Å². The number of amides is 1. The number of aromatic amines is 1. The van der Waals surface area contributed by atoms with E-state index in [2.05, 4.69) is 48.2 Å². The third-order valence-corrected chi connectivity index (χ3v) is 4.42. The SMILES string of the molecule is CCc1[nH]c2c(CNC(=O)Cn3cccnc3=O)cc(C)cc2c1C. The molecule has 0 radical (unpaired) electrons. The molecule has 130 valence electrons. The molecule has 0 aliphatic rings. The fraction of sp³-hybridized carbons (Fsp3) is 0.316. The molecule has 0 spiro atoms. The van der Waals surface area contributed by atoms with Crippen LogP contribution in [0.2, 0.25) is 0 Å². The summed E-state index contributed by atoms with van der Waals surface area (Å²) in [6.45, 7) is 6.67. The molecule has 0 saturated carbocycles. The average Bonchev–Trinajstić information content (AvgIpc) is 2.91. The van der Waals surface area contributed by atoms with Gasteiger partial charge in [-0.2, -0.15) is 0 Å². The molecule has 25 heavy (non-hydrogen) atoms. The number of aryl methyl sites for hydroxylation is 3. The van der Waals surface area contributed by atoms with E-state index in [-0.39, 0.29) is 12.5 Å². The van der Waals surface area contributed by atoms with Crippen molar-refractivity contribution in [3.8, 4) is 0 Å². The van der Waals surface area contributed by atoms with Crippen LogP contribution in [-0.2, 0) is 24.3 Å². The second-order valence-electron chi connectivity index (χ2n) is 6.24. The van der Waals surface area contributed by atoms with Gasteiger partial charge in [0.2, 0.25) is 5.91 Å². The zero-order valence-corrected chi connectivity index (χ0v) is 14.7. The molecule has 2 aromatic heterocycles. The van der Waals surface area contributed by atoms with E-state index >= 15 is 0 Å². The van der Waals surface area contributed by atoms with Crippen molar-refractivity contribution in [3.05, 3.63) is 63.5 Å². The lowest BCUT2D eigenvalue weighted by atomic mass is 10.0. The van der Waals surface area contributed by atoms with Gasteiger partial charge in [0.1, 0.15) is 6.54 Å². The molecule has 0 fully saturated rings. The molecule has 0 atom stereocenters. The maximum Gasteiger partial charge on any atom is 0.347 e. The summed E-state index contributed by atoms with van der Waals surface area (Å²) < 4.78 is 1.29. The highest BCUT2D eigenvalue weighted by atomic mass is 16.2. The first kappa shape index (κ1) is 17.0. The number of aromatic nitrogens is 3. The third kappa shape index (κ3) is 3.47. The van der Waals surface area contributed by atoms with Gasteiger partial charge in [0.25, 0.3) is 0 Å². The van der Waals surface area contributed by atoms with Gasteiger partial charge < -0.3 is 10.3 Å². The first-order chi connectivity index (χ1) is 12.0. The van der Waals surface area contributed by atoms with Crippen LogP contribution in [0.4, 0.5) is 0 Å². The number of carbonyl (C=O) groups is 1. The van der Waals surface area contributed by atoms with Gasteiger partial charge in [-0.1, -0.05) is 18.6 Å². The molecule has 6 heteroatoms. The number of fused-ring (bicyclic) bond motifs is 1. The van der Waals surface area contributed by atoms with E-state index in [1.807, 2.05) is 0 Å². The van der Waals surface area contributed by atoms with E-state index in [0.29, 0.717) is 6.54 Å². The second kappa shape index (κ2) is 6.93. The van der Waals surface area contributed by atoms with Crippen LogP contribution in [0.15, 0.2) is 35.4 Å². The third-order valence-electron chi connectivity index (χ3n) is 4.42. The number of nitrogens with one attached hydrogen (secondary N) is 2. The standard InChI is InChI=1S/C19H22N4O2/c1-4-16-13(3)15-9-12(2)8-14(18(15)22-16)10-21-17(24)11-23-7-5-6-20-19(23)25/h5-9,22H,4,10-11H2,1-3H3,(H,21,24). The van der Waals surface area contributed by atoms with Gasteiger partial charge in [0.05, 0.1) is 5.52 Å². The summed E-state index contributed by atoms with van der Waals surface area (Å²) in [4.78, 5) is 30.9. The number of carbonyl (C=O) groups excluding carboxylic acids is 1. The summed E-state index contributed by atoms with van der Waals surface area (Å²) >= 11 is 0. The van der Waals surface area contributed by atoms with Gasteiger partial charge in [-0.05, 0) is 43.5 Å². The molecule has 1 amide bonds. The summed E-state index contributed by atoms with van der Waals surface area (Å²) in [6.07, 6.45) is 3.91. The van der Waals surface area contributed by atoms with E-state index in [1.165, 1.54) is 27.4 Å². The Kier molecular flexibility index (Phi) is 4.70. The first-order valence-corrected chi connectivity index (χ1v) is 8.38. The molecule has 2 N–H and O–H groups in total. The number of H-pyrrole nitrogens is 1. The predicted molar refractivity (Wildman–Crippen MR) is 97.5 cm³/mol. The molecule has 1 aromatic carbocycles. The Morgan fingerprint density at radius 2 is 2.12 bits per heavy atom. The molecular weight excluding hydrogens is 316 g/mol. The quantitative estimate of drug-likeness (QED) is 0.748. The Balaban J connectivity index is 1.80. The Morgan fingerprint density at radius 3 is 2.84 bits per heavy atom. The summed E-state index contributed by atoms with van der Waals surface area (Å²) in [6, 6.07) is 5.88. The van der Waals surface area contributed by atoms with E-state index in [0.717, 1.165) is 23.1 Å². The number of hydrogen-bond donors (Lipinski definition) is 2. The summed E-state index contributed by atoms with van der Waals surface area (Å²) in [7, 11) is 0. The highest BCUT2D eigenvalue weighted by Crippen LogP contribution is 2.26. The largest absolute Gasteiger partial charge is 0.358 e. The van der Waals surface area contributed by atoms with Crippen molar-refractivity contribution in [2.24, 2.45) is 0 Å². The average molecular weight is 338 g/mol. The lowest BCUT2D eigenvalue weighted by molar-refractivity contribution is -0.121. The summed E-state index contributed by atoms with van der Waals surface area (Å²) in [5.41, 5.74) is 5.32. The van der Waals surface area contributed by atoms with Gasteiger partial charge in [0, 0.05) is 30.0 Å². The Morgan fingerprint density at radius 1 is 1.32 bits per heavy atom. The Hall–Kier alpha value is -2.89. The maximum absolute atomic E-state index is 12.2. The predicted octanol–water partition coefficient (Wildman–Crippen LogP) is 2.22. The Labute approximate surface area is 145 Å². The van der Waals surface area contributed by atoms with Gasteiger partial charge in [-0.25, -0.2) is 9.78 Å². The fourth-order valence-corrected chi connectivity index (χ4v) is 3.12. The topological polar surface area (TPSA) is 79.8 Å². The number of hydrogen-bond acceptors (Lipinski definition) is 3. The van der Waals surface area contributed by atoms with Crippen LogP contribution >= 0.6 is 0 Å². The number of nitrogens with zero attached hydrogens (tertiary/aromatic N) is 2. The van der Waals surface area contributed by atoms with Crippen LogP contribution in [0.25, 0.3) is 10.9 Å². The van der Waals surface area contributed by atoms with Gasteiger partial charge in [-0.15, -0.1) is 0 Å². The van der Waals surface area contributed by atoms with E-state index in [1.54, 1.807) is 12.3 Å². The van der Waals surface area contributed by atoms with Crippen LogP contribution in [0.3, 0.4) is 0 Å². The molecule has 2 heterocycles. The van der Waals surface area contributed by atoms with Crippen LogP contribution in [0, 0.1) is 13.8 Å². The van der Waals surface area contributed by atoms with E-state index < -0.39 is 5.69 Å². The minimum atomic E-state index is -0.428. The lowest BCUT2D eigenvalue weighted by Gasteiger charge is -2.09. The number of benzene rings is 1. The lowest BCUT2D eigenvalue weighted by Crippen LogP contribution is -2.32. The molecule has 0 unspecified atom stereocenters. The zero-order valence-electron chi connectivity index (χ0n) is 14.7. The molecule has 0 saturated heterocycles. The van der Waals surface area contributed by atoms with Crippen LogP contribution in [-0.4, -0.2) is 20.4 Å². The fourth-order valence-electron chi connectivity index (χ4n) is 3.12. The van der Waals surface area contributed by atoms with E-state index in [9.17, 15) is 9.59 Å². The number of rotatable bonds is 5. The van der Waals surface area contributed by atoms with Crippen LogP contribution in [0.1, 0.15) is 29.3 Å². The maximum atomic E-state index is 12.2. The monoisotopic (exact) mass is 338 g/mol.